The number of ether oxygens (including phenoxy) is 6. The number of esters is 2. The van der Waals surface area contributed by atoms with E-state index < -0.39 is 81.7 Å². The summed E-state index contributed by atoms with van der Waals surface area (Å²) in [6.07, 6.45) is -4.77. The number of aliphatic carboxylic acids is 1. The van der Waals surface area contributed by atoms with E-state index in [1.807, 2.05) is 54.1 Å². The number of alkyl halides is 13. The van der Waals surface area contributed by atoms with Gasteiger partial charge in [0.25, 0.3) is 0 Å². The van der Waals surface area contributed by atoms with Crippen molar-refractivity contribution in [3.05, 3.63) is 233 Å². The molecule has 0 bridgehead atoms. The van der Waals surface area contributed by atoms with Crippen LogP contribution in [0.4, 0.5) is 52.7 Å². The number of carbonyl (C=O) groups is 3. The zero-order chi connectivity index (χ0) is 98.6. The molecule has 1 atom stereocenters. The Hall–Kier alpha value is -9.49. The van der Waals surface area contributed by atoms with E-state index in [4.69, 9.17) is 33.6 Å². The van der Waals surface area contributed by atoms with E-state index in [-0.39, 0.29) is 29.6 Å². The molecule has 0 radical (unpaired) electrons. The summed E-state index contributed by atoms with van der Waals surface area (Å²) in [6.45, 7) is 25.4. The zero-order valence-corrected chi connectivity index (χ0v) is 83.3. The number of hydrogen-bond donors (Lipinski definition) is 3. The molecule has 15 rings (SSSR count). The molecule has 4 aromatic heterocycles. The first-order chi connectivity index (χ1) is 63.8. The maximum atomic E-state index is 12.8. The Labute approximate surface area is 827 Å². The fourth-order valence-corrected chi connectivity index (χ4v) is 16.9. The largest absolute Gasteiger partial charge is 1.00 e. The van der Waals surface area contributed by atoms with Crippen LogP contribution in [0.15, 0.2) is 152 Å². The van der Waals surface area contributed by atoms with E-state index in [0.29, 0.717) is 107 Å². The molecule has 1 unspecified atom stereocenters. The van der Waals surface area contributed by atoms with Crippen LogP contribution < -0.4 is 49.6 Å². The van der Waals surface area contributed by atoms with E-state index in [0.717, 1.165) is 159 Å². The van der Waals surface area contributed by atoms with Crippen LogP contribution in [0.2, 0.25) is 0 Å². The number of benzene rings is 7. The second-order valence-electron chi connectivity index (χ2n) is 32.4. The molecule has 4 aliphatic heterocycles. The van der Waals surface area contributed by atoms with E-state index >= 15 is 0 Å². The van der Waals surface area contributed by atoms with Crippen molar-refractivity contribution in [2.75, 3.05) is 59.1 Å². The van der Waals surface area contributed by atoms with E-state index in [9.17, 15) is 72.2 Å². The van der Waals surface area contributed by atoms with Gasteiger partial charge in [-0.1, -0.05) is 82.7 Å². The summed E-state index contributed by atoms with van der Waals surface area (Å²) in [4.78, 5) is 60.3. The van der Waals surface area contributed by atoms with Gasteiger partial charge in [-0.15, -0.1) is 12.3 Å². The predicted octanol–water partition coefficient (Wildman–Crippen LogP) is 18.7. The number of halogens is 13. The van der Waals surface area contributed by atoms with Crippen molar-refractivity contribution in [3.63, 3.8) is 0 Å². The van der Waals surface area contributed by atoms with Crippen LogP contribution >= 0.6 is 62.1 Å². The number of terminal acetylenes is 1. The Kier molecular flexibility index (Phi) is 42.3. The molecule has 1 fully saturated rings. The molecule has 4 N–H and O–H groups in total. The Balaban J connectivity index is 0.000000218. The fourth-order valence-electron chi connectivity index (χ4n) is 13.8. The standard InChI is InChI=1S/2C26H28F3N3O3S.C24H24F3N3O3S.C10H6BrF3N2S.C5H10O.C3H4.H3N2O.Na/c2*1-4-34-24(33)25(2,3)35-21-10-7-17-11-13-32(14-12-19(17)15-21)16-22-30-23(31-36-22)18-5-8-20(9-6-18)26(27,28)29;1-23(2,22(31)32)33-19-8-5-15-9-11-30(12-10-17(15)13-19)14-20-28-21(29-34-20)16-3-6-18(7-4-16)24(25,26)27;11-5-8-15-9(16-17-8)6-1-3-7(4-2-6)10(12,13)14;1-5-3-2-4-6-5;1-3-2;1-2-3;/h2*5-10,15H,4,11-14,16H2,1-3H3;3-8,13H,9-12,14H2,1-2H3,(H,31,32);1-4H,5H2;5H,2-4H2,1H3;1H,2H3;3H,1H2;/q;;;;;;-1;+1. The summed E-state index contributed by atoms with van der Waals surface area (Å²) in [6, 6.07) is 37.0. The van der Waals surface area contributed by atoms with Crippen molar-refractivity contribution in [3.8, 4) is 75.1 Å². The Morgan fingerprint density at radius 1 is 0.463 bits per heavy atom. The second-order valence-corrected chi connectivity index (χ2v) is 36.3. The van der Waals surface area contributed by atoms with Gasteiger partial charge in [0.1, 0.15) is 37.3 Å². The summed E-state index contributed by atoms with van der Waals surface area (Å²) in [7, 11) is 0. The molecular weight excluding hydrogens is 1950 g/mol. The number of nitrogens with two attached hydrogens (primary N) is 1. The Bertz CT molecular complexity index is 5490. The number of carbonyl (C=O) groups excluding carboxylic acids is 2. The molecule has 0 spiro atoms. The number of aromatic nitrogens is 8. The minimum atomic E-state index is -4.37. The van der Waals surface area contributed by atoms with Crippen LogP contribution in [0.3, 0.4) is 0 Å². The minimum Gasteiger partial charge on any atom is -0.488 e. The van der Waals surface area contributed by atoms with Gasteiger partial charge >= 0.3 is 72.2 Å². The van der Waals surface area contributed by atoms with E-state index in [1.165, 1.54) is 149 Å². The third kappa shape index (κ3) is 34.2. The summed E-state index contributed by atoms with van der Waals surface area (Å²) >= 11 is 8.24. The van der Waals surface area contributed by atoms with Crippen LogP contribution in [-0.2, 0) is 117 Å². The van der Waals surface area contributed by atoms with E-state index in [2.05, 4.69) is 93.2 Å². The van der Waals surface area contributed by atoms with Crippen molar-refractivity contribution in [1.29, 1.82) is 0 Å². The summed E-state index contributed by atoms with van der Waals surface area (Å²) in [5.74, 6) is 7.99. The first-order valence-corrected chi connectivity index (χ1v) is 46.8. The zero-order valence-electron chi connectivity index (χ0n) is 76.5. The van der Waals surface area contributed by atoms with Gasteiger partial charge in [0.05, 0.1) is 66.5 Å². The molecule has 4 aliphatic rings. The van der Waals surface area contributed by atoms with Crippen molar-refractivity contribution in [1.82, 2.24) is 52.1 Å². The maximum Gasteiger partial charge on any atom is 1.00 e. The van der Waals surface area contributed by atoms with Crippen LogP contribution in [0.25, 0.3) is 51.1 Å². The molecule has 11 aromatic rings. The summed E-state index contributed by atoms with van der Waals surface area (Å²) in [5, 5.41) is 20.1. The van der Waals surface area contributed by atoms with Gasteiger partial charge < -0.3 is 50.2 Å². The molecule has 24 nitrogen and oxygen atoms in total. The number of hydrogen-bond acceptors (Lipinski definition) is 26. The third-order valence-corrected chi connectivity index (χ3v) is 24.7. The van der Waals surface area contributed by atoms with Crippen LogP contribution in [0.5, 0.6) is 17.2 Å². The van der Waals surface area contributed by atoms with Crippen LogP contribution in [0.1, 0.15) is 158 Å². The smallest absolute Gasteiger partial charge is 0.488 e. The van der Waals surface area contributed by atoms with Gasteiger partial charge in [0.15, 0.2) is 40.1 Å². The third-order valence-electron chi connectivity index (χ3n) is 21.0. The van der Waals surface area contributed by atoms with E-state index in [1.54, 1.807) is 54.5 Å². The Morgan fingerprint density at radius 3 is 0.926 bits per heavy atom. The first kappa shape index (κ1) is 112. The van der Waals surface area contributed by atoms with Crippen molar-refractivity contribution < 1.29 is 135 Å². The fraction of sp³-hybridized carbons (Fsp3) is 0.415. The molecule has 42 heteroatoms. The van der Waals surface area contributed by atoms with Crippen LogP contribution in [-0.4, -0.2) is 162 Å². The first-order valence-electron chi connectivity index (χ1n) is 42.6. The maximum absolute atomic E-state index is 12.8. The number of carboxylic acids is 1. The molecule has 1 saturated heterocycles. The average molecular weight is 2050 g/mol. The van der Waals surface area contributed by atoms with Crippen molar-refractivity contribution in [2.24, 2.45) is 5.84 Å². The molecule has 0 saturated carbocycles. The number of fused-ring (bicyclic) bond motifs is 3. The molecule has 136 heavy (non-hydrogen) atoms. The molecular formula is C94H103BrF12N13NaO11S4. The van der Waals surface area contributed by atoms with Crippen molar-refractivity contribution >= 4 is 80.0 Å². The minimum absolute atomic E-state index is 0. The SMILES string of the molecule is C#CC.CC(C)(Oc1ccc2c(c1)CCN(Cc1nc(-c3ccc(C(F)(F)F)cc3)ns1)CC2)C(=O)O.CC1CCCO1.CCOC(=O)C(C)(C)Oc1ccc2c(c1)CCN(Cc1nc(-c3ccc(C(F)(F)F)cc3)ns1)CC2.CCOC(=O)C(C)(C)Oc1ccc2c(c1)CCN(Cc1nc(-c3ccc(C(F)(F)F)cc3)ns1)CC2.FC(F)(F)c1ccc(-c2nsc(CBr)n2)cc1.N[N-]O.[Na+]. The molecule has 8 heterocycles. The Morgan fingerprint density at radius 2 is 0.713 bits per heavy atom. The summed E-state index contributed by atoms with van der Waals surface area (Å²) in [5.41, 5.74) is 5.20. The van der Waals surface area contributed by atoms with Gasteiger partial charge in [-0.3, -0.25) is 14.7 Å². The molecule has 0 aliphatic carbocycles. The van der Waals surface area contributed by atoms with Gasteiger partial charge in [-0.25, -0.2) is 34.3 Å². The van der Waals surface area contributed by atoms with Gasteiger partial charge in [-0.05, 0) is 285 Å². The van der Waals surface area contributed by atoms with Crippen molar-refractivity contribution in [2.45, 2.75) is 193 Å². The number of nitrogens with zero attached hydrogens (tertiary/aromatic N) is 12. The quantitative estimate of drug-likeness (QED) is 0.0108. The normalized spacial score (nSPS) is 14.7. The van der Waals surface area contributed by atoms with Gasteiger partial charge in [-0.2, -0.15) is 70.2 Å². The van der Waals surface area contributed by atoms with Crippen LogP contribution in [0, 0.1) is 12.3 Å². The molecule has 0 amide bonds. The number of carboxylic acid groups (broad SMARTS) is 1. The molecule has 726 valence electrons. The second kappa shape index (κ2) is 51.4. The summed E-state index contributed by atoms with van der Waals surface area (Å²) < 4.78 is 202. The van der Waals surface area contributed by atoms with Gasteiger partial charge in [0, 0.05) is 68.1 Å². The predicted molar refractivity (Wildman–Crippen MR) is 495 cm³/mol. The topological polar surface area (TPSA) is 300 Å². The average Bonchev–Trinajstić information content (AvgIpc) is 1.56. The molecule has 7 aromatic carbocycles. The number of rotatable bonds is 22. The monoisotopic (exact) mass is 2050 g/mol. The van der Waals surface area contributed by atoms with Gasteiger partial charge in [0.2, 0.25) is 0 Å².